The lowest BCUT2D eigenvalue weighted by atomic mass is 9.70. The zero-order chi connectivity index (χ0) is 15.6. The normalized spacial score (nSPS) is 18.1. The Kier molecular flexibility index (Phi) is 4.88. The van der Waals surface area contributed by atoms with Crippen molar-refractivity contribution in [2.75, 3.05) is 0 Å². The van der Waals surface area contributed by atoms with Crippen LogP contribution in [0, 0.1) is 5.41 Å². The Hall–Kier alpha value is -1.44. The van der Waals surface area contributed by atoms with Crippen molar-refractivity contribution in [3.05, 3.63) is 0 Å². The maximum absolute atomic E-state index is 11.4. The van der Waals surface area contributed by atoms with Gasteiger partial charge in [0.2, 0.25) is 0 Å². The SMILES string of the molecule is CCC(CC(=O)O)(C(=O)O)C(C)(C(=O)O)P(=O)(O)O. The molecule has 2 unspecified atom stereocenters. The van der Waals surface area contributed by atoms with E-state index in [0.717, 1.165) is 6.92 Å². The number of hydrogen-bond acceptors (Lipinski definition) is 4. The number of carboxylic acid groups (broad SMARTS) is 3. The molecule has 0 fully saturated rings. The van der Waals surface area contributed by atoms with Crippen LogP contribution in [0.25, 0.3) is 0 Å². The molecular weight excluding hydrogens is 283 g/mol. The minimum absolute atomic E-state index is 0.552. The third-order valence-electron chi connectivity index (χ3n) is 3.40. The van der Waals surface area contributed by atoms with E-state index in [1.807, 2.05) is 0 Å². The molecule has 0 saturated carbocycles. The van der Waals surface area contributed by atoms with Gasteiger partial charge in [-0.1, -0.05) is 6.92 Å². The molecule has 0 spiro atoms. The Labute approximate surface area is 108 Å². The first-order chi connectivity index (χ1) is 8.36. The van der Waals surface area contributed by atoms with Gasteiger partial charge in [-0.05, 0) is 13.3 Å². The molecule has 0 saturated heterocycles. The van der Waals surface area contributed by atoms with Crippen LogP contribution in [0.4, 0.5) is 0 Å². The van der Waals surface area contributed by atoms with Crippen LogP contribution < -0.4 is 0 Å². The van der Waals surface area contributed by atoms with E-state index < -0.39 is 48.9 Å². The Bertz CT molecular complexity index is 453. The minimum Gasteiger partial charge on any atom is -0.481 e. The lowest BCUT2D eigenvalue weighted by Gasteiger charge is -2.41. The van der Waals surface area contributed by atoms with Gasteiger partial charge in [-0.15, -0.1) is 0 Å². The molecule has 0 amide bonds. The third-order valence-corrected chi connectivity index (χ3v) is 5.18. The molecule has 0 aromatic carbocycles. The maximum atomic E-state index is 11.4. The van der Waals surface area contributed by atoms with E-state index in [9.17, 15) is 28.7 Å². The predicted molar refractivity (Wildman–Crippen MR) is 60.7 cm³/mol. The molecule has 0 aliphatic heterocycles. The van der Waals surface area contributed by atoms with Gasteiger partial charge >= 0.3 is 25.5 Å². The summed E-state index contributed by atoms with van der Waals surface area (Å²) in [5.74, 6) is -5.61. The monoisotopic (exact) mass is 298 g/mol. The molecule has 2 atom stereocenters. The summed E-state index contributed by atoms with van der Waals surface area (Å²) in [6, 6.07) is 0. The van der Waals surface area contributed by atoms with Crippen LogP contribution in [0.3, 0.4) is 0 Å². The number of aliphatic carboxylic acids is 3. The fourth-order valence-electron chi connectivity index (χ4n) is 1.94. The second-order valence-corrected chi connectivity index (χ2v) is 6.22. The molecule has 0 aromatic heterocycles. The van der Waals surface area contributed by atoms with E-state index in [2.05, 4.69) is 0 Å². The van der Waals surface area contributed by atoms with Crippen LogP contribution in [0.1, 0.15) is 26.7 Å². The van der Waals surface area contributed by atoms with Gasteiger partial charge in [0.05, 0.1) is 6.42 Å². The highest BCUT2D eigenvalue weighted by molar-refractivity contribution is 7.54. The second kappa shape index (κ2) is 5.28. The van der Waals surface area contributed by atoms with Crippen LogP contribution in [0.5, 0.6) is 0 Å². The van der Waals surface area contributed by atoms with Crippen molar-refractivity contribution in [1.29, 1.82) is 0 Å². The summed E-state index contributed by atoms with van der Waals surface area (Å²) in [5.41, 5.74) is -2.62. The van der Waals surface area contributed by atoms with E-state index >= 15 is 0 Å². The minimum atomic E-state index is -5.44. The third kappa shape index (κ3) is 2.63. The Morgan fingerprint density at radius 1 is 1.05 bits per heavy atom. The van der Waals surface area contributed by atoms with E-state index in [1.165, 1.54) is 0 Å². The first-order valence-corrected chi connectivity index (χ1v) is 6.72. The fourth-order valence-corrected chi connectivity index (χ4v) is 3.08. The number of rotatable bonds is 7. The topological polar surface area (TPSA) is 169 Å². The van der Waals surface area contributed by atoms with Crippen LogP contribution in [0.15, 0.2) is 0 Å². The van der Waals surface area contributed by atoms with Crippen molar-refractivity contribution >= 4 is 25.5 Å². The molecule has 0 rings (SSSR count). The highest BCUT2D eigenvalue weighted by Crippen LogP contribution is 2.61. The lowest BCUT2D eigenvalue weighted by molar-refractivity contribution is -0.165. The Morgan fingerprint density at radius 2 is 1.47 bits per heavy atom. The van der Waals surface area contributed by atoms with Crippen molar-refractivity contribution < 1.29 is 44.1 Å². The molecule has 9 nitrogen and oxygen atoms in total. The Balaban J connectivity index is 6.37. The molecule has 110 valence electrons. The van der Waals surface area contributed by atoms with Gasteiger partial charge in [0.15, 0.2) is 5.16 Å². The zero-order valence-corrected chi connectivity index (χ0v) is 11.1. The van der Waals surface area contributed by atoms with Crippen molar-refractivity contribution in [1.82, 2.24) is 0 Å². The summed E-state index contributed by atoms with van der Waals surface area (Å²) in [6.07, 6.45) is -1.78. The summed E-state index contributed by atoms with van der Waals surface area (Å²) in [7, 11) is -5.44. The van der Waals surface area contributed by atoms with Gasteiger partial charge in [-0.2, -0.15) is 0 Å². The first-order valence-electron chi connectivity index (χ1n) is 5.11. The summed E-state index contributed by atoms with van der Waals surface area (Å²) >= 11 is 0. The predicted octanol–water partition coefficient (Wildman–Crippen LogP) is -0.0369. The van der Waals surface area contributed by atoms with Gasteiger partial charge in [0.1, 0.15) is 5.41 Å². The average Bonchev–Trinajstić information content (AvgIpc) is 2.21. The molecule has 10 heteroatoms. The fraction of sp³-hybridized carbons (Fsp3) is 0.667. The van der Waals surface area contributed by atoms with Crippen LogP contribution >= 0.6 is 7.60 Å². The number of carboxylic acids is 3. The van der Waals surface area contributed by atoms with Crippen LogP contribution in [-0.4, -0.2) is 48.2 Å². The van der Waals surface area contributed by atoms with Gasteiger partial charge in [-0.25, -0.2) is 0 Å². The lowest BCUT2D eigenvalue weighted by Crippen LogP contribution is -2.56. The van der Waals surface area contributed by atoms with Gasteiger partial charge in [0, 0.05) is 0 Å². The van der Waals surface area contributed by atoms with E-state index in [0.29, 0.717) is 6.92 Å². The van der Waals surface area contributed by atoms with Crippen LogP contribution in [0.2, 0.25) is 0 Å². The van der Waals surface area contributed by atoms with Crippen LogP contribution in [-0.2, 0) is 18.9 Å². The summed E-state index contributed by atoms with van der Waals surface area (Å²) in [6.45, 7) is 1.71. The number of hydrogen-bond donors (Lipinski definition) is 5. The standard InChI is InChI=1S/C9H15O9P/c1-3-9(7(14)15,4-5(10)11)8(2,6(12)13)19(16,17)18/h3-4H2,1-2H3,(H,10,11)(H,12,13)(H,14,15)(H2,16,17,18). The Morgan fingerprint density at radius 3 is 1.63 bits per heavy atom. The second-order valence-electron chi connectivity index (χ2n) is 4.23. The molecule has 0 heterocycles. The largest absolute Gasteiger partial charge is 0.481 e. The molecule has 0 aliphatic carbocycles. The summed E-state index contributed by atoms with van der Waals surface area (Å²) < 4.78 is 11.4. The smallest absolute Gasteiger partial charge is 0.343 e. The van der Waals surface area contributed by atoms with Crippen molar-refractivity contribution in [3.8, 4) is 0 Å². The molecule has 0 aliphatic rings. The van der Waals surface area contributed by atoms with Crippen molar-refractivity contribution in [2.45, 2.75) is 31.8 Å². The summed E-state index contributed by atoms with van der Waals surface area (Å²) in [4.78, 5) is 51.7. The average molecular weight is 298 g/mol. The van der Waals surface area contributed by atoms with E-state index in [4.69, 9.17) is 15.3 Å². The molecule has 5 N–H and O–H groups in total. The zero-order valence-electron chi connectivity index (χ0n) is 10.2. The molecular formula is C9H15O9P. The molecule has 0 bridgehead atoms. The maximum Gasteiger partial charge on any atom is 0.343 e. The molecule has 19 heavy (non-hydrogen) atoms. The highest BCUT2D eigenvalue weighted by Gasteiger charge is 2.67. The van der Waals surface area contributed by atoms with E-state index in [-0.39, 0.29) is 0 Å². The van der Waals surface area contributed by atoms with Gasteiger partial charge in [-0.3, -0.25) is 18.9 Å². The molecule has 0 aromatic rings. The number of carbonyl (C=O) groups is 3. The van der Waals surface area contributed by atoms with Crippen molar-refractivity contribution in [2.24, 2.45) is 5.41 Å². The quantitative estimate of drug-likeness (QED) is 0.404. The molecule has 0 radical (unpaired) electrons. The van der Waals surface area contributed by atoms with E-state index in [1.54, 1.807) is 0 Å². The highest BCUT2D eigenvalue weighted by atomic mass is 31.2. The van der Waals surface area contributed by atoms with Gasteiger partial charge < -0.3 is 25.1 Å². The van der Waals surface area contributed by atoms with Crippen molar-refractivity contribution in [3.63, 3.8) is 0 Å². The van der Waals surface area contributed by atoms with Gasteiger partial charge in [0.25, 0.3) is 0 Å². The summed E-state index contributed by atoms with van der Waals surface area (Å²) in [5, 5.41) is 23.9. The first kappa shape index (κ1) is 17.6.